The van der Waals surface area contributed by atoms with Crippen molar-refractivity contribution in [2.24, 2.45) is 4.99 Å². The third-order valence-corrected chi connectivity index (χ3v) is 6.02. The fourth-order valence-corrected chi connectivity index (χ4v) is 4.51. The molecule has 0 amide bonds. The molecule has 1 fully saturated rings. The lowest BCUT2D eigenvalue weighted by Gasteiger charge is -2.16. The minimum Gasteiger partial charge on any atom is -0.357 e. The van der Waals surface area contributed by atoms with Gasteiger partial charge in [0.15, 0.2) is 11.1 Å². The van der Waals surface area contributed by atoms with Crippen molar-refractivity contribution in [2.75, 3.05) is 25.9 Å². The minimum absolute atomic E-state index is 0. The number of nitrogens with zero attached hydrogens (tertiary/aromatic N) is 4. The van der Waals surface area contributed by atoms with Crippen LogP contribution in [0, 0.1) is 5.82 Å². The van der Waals surface area contributed by atoms with Gasteiger partial charge in [0.2, 0.25) is 0 Å². The lowest BCUT2D eigenvalue weighted by Crippen LogP contribution is -2.38. The molecule has 0 radical (unpaired) electrons. The Morgan fingerprint density at radius 2 is 2.03 bits per heavy atom. The predicted octanol–water partition coefficient (Wildman–Crippen LogP) is 4.60. The normalized spacial score (nSPS) is 14.5. The molecule has 2 N–H and O–H groups in total. The van der Waals surface area contributed by atoms with Crippen LogP contribution >= 0.6 is 35.7 Å². The van der Waals surface area contributed by atoms with Crippen molar-refractivity contribution in [1.82, 2.24) is 25.4 Å². The van der Waals surface area contributed by atoms with Gasteiger partial charge in [0.25, 0.3) is 0 Å². The van der Waals surface area contributed by atoms with Gasteiger partial charge in [-0.3, -0.25) is 4.99 Å². The summed E-state index contributed by atoms with van der Waals surface area (Å²) in [4.78, 5) is 4.69. The topological polar surface area (TPSA) is 67.1 Å². The summed E-state index contributed by atoms with van der Waals surface area (Å²) < 4.78 is 15.7. The Morgan fingerprint density at radius 1 is 1.23 bits per heavy atom. The Morgan fingerprint density at radius 3 is 2.74 bits per heavy atom. The number of hydrogen-bond donors (Lipinski definition) is 2. The molecule has 2 aromatic rings. The molecule has 6 nitrogen and oxygen atoms in total. The van der Waals surface area contributed by atoms with Gasteiger partial charge in [0.1, 0.15) is 11.6 Å². The molecule has 172 valence electrons. The first kappa shape index (κ1) is 25.9. The molecule has 0 atom stereocenters. The van der Waals surface area contributed by atoms with Crippen LogP contribution in [0.3, 0.4) is 0 Å². The standard InChI is InChI=1S/C22H33FN6S.HI/c1-3-24-21(26-15-13-17-8-6-9-18(23)16-17)25-14-7-12-20-27-28-22(30-2)29(20)19-10-4-5-11-19;/h6,8-9,16,19H,3-5,7,10-15H2,1-2H3,(H2,24,25,26);1H. The Bertz CT molecular complexity index is 822. The average Bonchev–Trinajstić information content (AvgIpc) is 3.40. The predicted molar refractivity (Wildman–Crippen MR) is 137 cm³/mol. The molecule has 0 saturated heterocycles. The molecule has 3 rings (SSSR count). The van der Waals surface area contributed by atoms with Gasteiger partial charge in [-0.15, -0.1) is 34.2 Å². The number of hydrogen-bond acceptors (Lipinski definition) is 4. The number of thioether (sulfide) groups is 1. The summed E-state index contributed by atoms with van der Waals surface area (Å²) in [6.45, 7) is 4.29. The van der Waals surface area contributed by atoms with Gasteiger partial charge in [-0.2, -0.15) is 0 Å². The zero-order chi connectivity index (χ0) is 21.2. The van der Waals surface area contributed by atoms with E-state index in [1.165, 1.54) is 31.7 Å². The van der Waals surface area contributed by atoms with Crippen molar-refractivity contribution in [1.29, 1.82) is 0 Å². The third-order valence-electron chi connectivity index (χ3n) is 5.38. The molecule has 1 aromatic heterocycles. The van der Waals surface area contributed by atoms with Gasteiger partial charge >= 0.3 is 0 Å². The van der Waals surface area contributed by atoms with E-state index in [1.807, 2.05) is 6.07 Å². The van der Waals surface area contributed by atoms with E-state index in [9.17, 15) is 4.39 Å². The minimum atomic E-state index is -0.192. The largest absolute Gasteiger partial charge is 0.357 e. The second-order valence-electron chi connectivity index (χ2n) is 7.58. The Labute approximate surface area is 206 Å². The average molecular weight is 561 g/mol. The second-order valence-corrected chi connectivity index (χ2v) is 8.36. The molecule has 1 saturated carbocycles. The van der Waals surface area contributed by atoms with Crippen LogP contribution in [0.2, 0.25) is 0 Å². The van der Waals surface area contributed by atoms with Crippen molar-refractivity contribution in [3.05, 3.63) is 41.5 Å². The van der Waals surface area contributed by atoms with Crippen LogP contribution in [0.5, 0.6) is 0 Å². The lowest BCUT2D eigenvalue weighted by molar-refractivity contribution is 0.461. The van der Waals surface area contributed by atoms with E-state index in [1.54, 1.807) is 23.9 Å². The highest BCUT2D eigenvalue weighted by Crippen LogP contribution is 2.33. The lowest BCUT2D eigenvalue weighted by atomic mass is 10.1. The summed E-state index contributed by atoms with van der Waals surface area (Å²) in [5.41, 5.74) is 0.981. The molecular weight excluding hydrogens is 526 g/mol. The van der Waals surface area contributed by atoms with Crippen LogP contribution in [0.4, 0.5) is 4.39 Å². The number of guanidine groups is 1. The van der Waals surface area contributed by atoms with Gasteiger partial charge in [0, 0.05) is 32.1 Å². The molecule has 0 unspecified atom stereocenters. The zero-order valence-electron chi connectivity index (χ0n) is 18.4. The molecule has 1 aromatic carbocycles. The van der Waals surface area contributed by atoms with E-state index >= 15 is 0 Å². The van der Waals surface area contributed by atoms with E-state index in [4.69, 9.17) is 0 Å². The maximum atomic E-state index is 13.3. The van der Waals surface area contributed by atoms with Crippen molar-refractivity contribution in [2.45, 2.75) is 63.1 Å². The summed E-state index contributed by atoms with van der Waals surface area (Å²) in [6.07, 6.45) is 9.70. The first-order valence-electron chi connectivity index (χ1n) is 11.0. The summed E-state index contributed by atoms with van der Waals surface area (Å²) in [5, 5.41) is 16.5. The molecular formula is C22H34FIN6S. The van der Waals surface area contributed by atoms with Crippen LogP contribution in [-0.4, -0.2) is 46.6 Å². The van der Waals surface area contributed by atoms with Crippen LogP contribution in [0.1, 0.15) is 56.5 Å². The molecule has 0 aliphatic heterocycles. The zero-order valence-corrected chi connectivity index (χ0v) is 21.6. The van der Waals surface area contributed by atoms with E-state index in [2.05, 4.69) is 43.6 Å². The molecule has 31 heavy (non-hydrogen) atoms. The van der Waals surface area contributed by atoms with Crippen LogP contribution in [0.15, 0.2) is 34.4 Å². The van der Waals surface area contributed by atoms with Gasteiger partial charge in [-0.25, -0.2) is 4.39 Å². The number of rotatable bonds is 10. The maximum absolute atomic E-state index is 13.3. The maximum Gasteiger partial charge on any atom is 0.191 e. The summed E-state index contributed by atoms with van der Waals surface area (Å²) in [6, 6.07) is 7.30. The molecule has 1 heterocycles. The molecule has 1 aliphatic carbocycles. The molecule has 0 spiro atoms. The highest BCUT2D eigenvalue weighted by atomic mass is 127. The van der Waals surface area contributed by atoms with Crippen molar-refractivity contribution in [3.63, 3.8) is 0 Å². The number of nitrogens with one attached hydrogen (secondary N) is 2. The van der Waals surface area contributed by atoms with Crippen molar-refractivity contribution in [3.8, 4) is 0 Å². The highest BCUT2D eigenvalue weighted by molar-refractivity contribution is 14.0. The Hall–Kier alpha value is -1.36. The molecule has 1 aliphatic rings. The summed E-state index contributed by atoms with van der Waals surface area (Å²) in [5.74, 6) is 1.70. The van der Waals surface area contributed by atoms with E-state index in [0.717, 1.165) is 54.9 Å². The van der Waals surface area contributed by atoms with E-state index in [0.29, 0.717) is 12.6 Å². The third kappa shape index (κ3) is 7.93. The van der Waals surface area contributed by atoms with Crippen molar-refractivity contribution >= 4 is 41.7 Å². The quantitative estimate of drug-likeness (QED) is 0.146. The number of aromatic nitrogens is 3. The van der Waals surface area contributed by atoms with E-state index in [-0.39, 0.29) is 29.8 Å². The highest BCUT2D eigenvalue weighted by Gasteiger charge is 2.23. The summed E-state index contributed by atoms with van der Waals surface area (Å²) in [7, 11) is 0. The van der Waals surface area contributed by atoms with Gasteiger partial charge in [-0.1, -0.05) is 36.7 Å². The number of aliphatic imine (C=N–C) groups is 1. The van der Waals surface area contributed by atoms with Crippen molar-refractivity contribution < 1.29 is 4.39 Å². The molecule has 0 bridgehead atoms. The Balaban J connectivity index is 0.00000341. The van der Waals surface area contributed by atoms with Crippen LogP contribution in [-0.2, 0) is 12.8 Å². The SMILES string of the molecule is CCNC(=NCCCc1nnc(SC)n1C1CCCC1)NCCc1cccc(F)c1.I. The van der Waals surface area contributed by atoms with Crippen LogP contribution < -0.4 is 10.6 Å². The first-order chi connectivity index (χ1) is 14.7. The van der Waals surface area contributed by atoms with Crippen LogP contribution in [0.25, 0.3) is 0 Å². The number of aryl methyl sites for hydroxylation is 1. The first-order valence-corrected chi connectivity index (χ1v) is 12.2. The monoisotopic (exact) mass is 560 g/mol. The van der Waals surface area contributed by atoms with Gasteiger partial charge in [-0.05, 0) is 56.6 Å². The number of benzene rings is 1. The fourth-order valence-electron chi connectivity index (χ4n) is 3.93. The smallest absolute Gasteiger partial charge is 0.191 e. The Kier molecular flexibility index (Phi) is 11.6. The summed E-state index contributed by atoms with van der Waals surface area (Å²) >= 11 is 1.68. The van der Waals surface area contributed by atoms with E-state index < -0.39 is 0 Å². The van der Waals surface area contributed by atoms with Gasteiger partial charge < -0.3 is 15.2 Å². The number of halogens is 2. The molecule has 9 heteroatoms. The van der Waals surface area contributed by atoms with Gasteiger partial charge in [0.05, 0.1) is 0 Å². The second kappa shape index (κ2) is 13.9. The fraction of sp³-hybridized carbons (Fsp3) is 0.591.